The summed E-state index contributed by atoms with van der Waals surface area (Å²) >= 11 is 0. The van der Waals surface area contributed by atoms with Crippen molar-refractivity contribution in [2.24, 2.45) is 0 Å². The van der Waals surface area contributed by atoms with Crippen LogP contribution in [0, 0.1) is 6.92 Å². The van der Waals surface area contributed by atoms with E-state index in [1.165, 1.54) is 0 Å². The highest BCUT2D eigenvalue weighted by Crippen LogP contribution is 2.37. The molecule has 5 heteroatoms. The molecule has 0 radical (unpaired) electrons. The second-order valence-electron chi connectivity index (χ2n) is 5.24. The van der Waals surface area contributed by atoms with Crippen LogP contribution in [0.4, 0.5) is 5.82 Å². The Morgan fingerprint density at radius 3 is 2.62 bits per heavy atom. The summed E-state index contributed by atoms with van der Waals surface area (Å²) in [6.45, 7) is 3.55. The first-order chi connectivity index (χ1) is 10.2. The molecule has 21 heavy (non-hydrogen) atoms. The number of ether oxygens (including phenoxy) is 2. The molecule has 5 nitrogen and oxygen atoms in total. The van der Waals surface area contributed by atoms with E-state index in [1.807, 2.05) is 25.1 Å². The van der Waals surface area contributed by atoms with Crippen molar-refractivity contribution < 1.29 is 14.3 Å². The number of aromatic nitrogens is 1. The zero-order valence-electron chi connectivity index (χ0n) is 11.6. The Balaban J connectivity index is 1.72. The normalized spacial score (nSPS) is 16.0. The summed E-state index contributed by atoms with van der Waals surface area (Å²) in [5.74, 6) is 1.98. The second-order valence-corrected chi connectivity index (χ2v) is 5.24. The van der Waals surface area contributed by atoms with Crippen LogP contribution in [0.25, 0.3) is 0 Å². The topological polar surface area (TPSA) is 51.7 Å². The highest BCUT2D eigenvalue weighted by molar-refractivity contribution is 6.10. The minimum absolute atomic E-state index is 0.0432. The van der Waals surface area contributed by atoms with Crippen LogP contribution < -0.4 is 14.4 Å². The molecule has 2 aliphatic heterocycles. The Morgan fingerprint density at radius 2 is 1.90 bits per heavy atom. The predicted octanol–water partition coefficient (Wildman–Crippen LogP) is 2.32. The van der Waals surface area contributed by atoms with Crippen molar-refractivity contribution in [2.75, 3.05) is 18.1 Å². The van der Waals surface area contributed by atoms with E-state index in [-0.39, 0.29) is 5.91 Å². The van der Waals surface area contributed by atoms with E-state index in [0.717, 1.165) is 11.1 Å². The Morgan fingerprint density at radius 1 is 1.14 bits per heavy atom. The van der Waals surface area contributed by atoms with E-state index in [1.54, 1.807) is 17.2 Å². The van der Waals surface area contributed by atoms with Gasteiger partial charge in [0, 0.05) is 11.8 Å². The fourth-order valence-electron chi connectivity index (χ4n) is 2.65. The van der Waals surface area contributed by atoms with Crippen LogP contribution in [0.5, 0.6) is 11.5 Å². The first-order valence-corrected chi connectivity index (χ1v) is 6.89. The van der Waals surface area contributed by atoms with Gasteiger partial charge < -0.3 is 9.47 Å². The van der Waals surface area contributed by atoms with Gasteiger partial charge in [-0.25, -0.2) is 4.98 Å². The molecule has 0 aliphatic carbocycles. The van der Waals surface area contributed by atoms with E-state index >= 15 is 0 Å². The summed E-state index contributed by atoms with van der Waals surface area (Å²) < 4.78 is 11.1. The number of carbonyl (C=O) groups excluding carboxylic acids is 1. The summed E-state index contributed by atoms with van der Waals surface area (Å²) in [7, 11) is 0. The van der Waals surface area contributed by atoms with Gasteiger partial charge in [-0.05, 0) is 36.2 Å². The number of aryl methyl sites for hydroxylation is 1. The second kappa shape index (κ2) is 4.48. The number of nitrogens with zero attached hydrogens (tertiary/aromatic N) is 2. The molecule has 0 saturated heterocycles. The van der Waals surface area contributed by atoms with Gasteiger partial charge in [-0.1, -0.05) is 6.07 Å². The van der Waals surface area contributed by atoms with E-state index in [9.17, 15) is 4.79 Å². The molecule has 106 valence electrons. The average Bonchev–Trinajstić information content (AvgIpc) is 2.82. The number of benzene rings is 1. The maximum absolute atomic E-state index is 12.6. The van der Waals surface area contributed by atoms with Crippen LogP contribution >= 0.6 is 0 Å². The van der Waals surface area contributed by atoms with E-state index in [4.69, 9.17) is 9.47 Å². The number of hydrogen-bond donors (Lipinski definition) is 0. The van der Waals surface area contributed by atoms with Crippen LogP contribution in [0.3, 0.4) is 0 Å². The van der Waals surface area contributed by atoms with E-state index < -0.39 is 0 Å². The summed E-state index contributed by atoms with van der Waals surface area (Å²) in [6, 6.07) is 7.50. The van der Waals surface area contributed by atoms with Crippen molar-refractivity contribution in [1.29, 1.82) is 0 Å². The Labute approximate surface area is 122 Å². The van der Waals surface area contributed by atoms with Crippen molar-refractivity contribution in [2.45, 2.75) is 13.5 Å². The third-order valence-corrected chi connectivity index (χ3v) is 3.74. The van der Waals surface area contributed by atoms with Gasteiger partial charge in [0.2, 0.25) is 0 Å². The number of anilines is 1. The molecule has 0 unspecified atom stereocenters. The monoisotopic (exact) mass is 282 g/mol. The van der Waals surface area contributed by atoms with Gasteiger partial charge in [-0.3, -0.25) is 9.69 Å². The lowest BCUT2D eigenvalue weighted by Crippen LogP contribution is -2.23. The van der Waals surface area contributed by atoms with Crippen molar-refractivity contribution in [3.8, 4) is 11.5 Å². The zero-order valence-corrected chi connectivity index (χ0v) is 11.6. The third-order valence-electron chi connectivity index (χ3n) is 3.74. The molecule has 2 aromatic rings. The van der Waals surface area contributed by atoms with Gasteiger partial charge in [-0.15, -0.1) is 0 Å². The maximum atomic E-state index is 12.6. The Hall–Kier alpha value is -2.56. The minimum Gasteiger partial charge on any atom is -0.486 e. The molecule has 1 aromatic heterocycles. The molecule has 3 heterocycles. The SMILES string of the molecule is Cc1ccc(N2Cc3cc4c(cc3C2=O)OCCO4)nc1. The molecule has 0 fully saturated rings. The Kier molecular flexibility index (Phi) is 2.60. The fraction of sp³-hybridized carbons (Fsp3) is 0.250. The lowest BCUT2D eigenvalue weighted by Gasteiger charge is -2.18. The largest absolute Gasteiger partial charge is 0.486 e. The van der Waals surface area contributed by atoms with Gasteiger partial charge in [0.05, 0.1) is 6.54 Å². The van der Waals surface area contributed by atoms with E-state index in [0.29, 0.717) is 42.6 Å². The molecule has 0 spiro atoms. The van der Waals surface area contributed by atoms with Crippen molar-refractivity contribution in [3.05, 3.63) is 47.2 Å². The minimum atomic E-state index is -0.0432. The highest BCUT2D eigenvalue weighted by atomic mass is 16.6. The van der Waals surface area contributed by atoms with Crippen LogP contribution in [0.2, 0.25) is 0 Å². The first kappa shape index (κ1) is 12.2. The third kappa shape index (κ3) is 1.93. The maximum Gasteiger partial charge on any atom is 0.260 e. The number of pyridine rings is 1. The molecule has 0 atom stereocenters. The van der Waals surface area contributed by atoms with Crippen LogP contribution in [0.1, 0.15) is 21.5 Å². The predicted molar refractivity (Wildman–Crippen MR) is 76.9 cm³/mol. The molecular formula is C16H14N2O3. The standard InChI is InChI=1S/C16H14N2O3/c1-10-2-3-15(17-8-10)18-9-11-6-13-14(21-5-4-20-13)7-12(11)16(18)19/h2-3,6-8H,4-5,9H2,1H3. The summed E-state index contributed by atoms with van der Waals surface area (Å²) in [4.78, 5) is 18.6. The molecular weight excluding hydrogens is 268 g/mol. The van der Waals surface area contributed by atoms with E-state index in [2.05, 4.69) is 4.98 Å². The van der Waals surface area contributed by atoms with Crippen LogP contribution in [0.15, 0.2) is 30.5 Å². The number of amides is 1. The number of fused-ring (bicyclic) bond motifs is 2. The van der Waals surface area contributed by atoms with Gasteiger partial charge in [0.25, 0.3) is 5.91 Å². The molecule has 1 amide bonds. The average molecular weight is 282 g/mol. The Bertz CT molecular complexity index is 725. The van der Waals surface area contributed by atoms with Crippen molar-refractivity contribution in [3.63, 3.8) is 0 Å². The van der Waals surface area contributed by atoms with Crippen molar-refractivity contribution in [1.82, 2.24) is 4.98 Å². The lowest BCUT2D eigenvalue weighted by atomic mass is 10.1. The molecule has 0 saturated carbocycles. The van der Waals surface area contributed by atoms with Crippen molar-refractivity contribution >= 4 is 11.7 Å². The van der Waals surface area contributed by atoms with Gasteiger partial charge >= 0.3 is 0 Å². The smallest absolute Gasteiger partial charge is 0.260 e. The number of carbonyl (C=O) groups is 1. The fourth-order valence-corrected chi connectivity index (χ4v) is 2.65. The molecule has 1 aromatic carbocycles. The molecule has 0 bridgehead atoms. The van der Waals surface area contributed by atoms with Crippen LogP contribution in [-0.4, -0.2) is 24.1 Å². The van der Waals surface area contributed by atoms with Gasteiger partial charge in [0.1, 0.15) is 19.0 Å². The number of rotatable bonds is 1. The highest BCUT2D eigenvalue weighted by Gasteiger charge is 2.31. The van der Waals surface area contributed by atoms with Gasteiger partial charge in [-0.2, -0.15) is 0 Å². The number of hydrogen-bond acceptors (Lipinski definition) is 4. The first-order valence-electron chi connectivity index (χ1n) is 6.89. The summed E-state index contributed by atoms with van der Waals surface area (Å²) in [6.07, 6.45) is 1.77. The van der Waals surface area contributed by atoms with Crippen LogP contribution in [-0.2, 0) is 6.54 Å². The quantitative estimate of drug-likeness (QED) is 0.805. The molecule has 4 rings (SSSR count). The summed E-state index contributed by atoms with van der Waals surface area (Å²) in [5, 5.41) is 0. The zero-order chi connectivity index (χ0) is 14.4. The molecule has 2 aliphatic rings. The molecule has 0 N–H and O–H groups in total. The lowest BCUT2D eigenvalue weighted by molar-refractivity contribution is 0.0995. The van der Waals surface area contributed by atoms with Gasteiger partial charge in [0.15, 0.2) is 11.5 Å². The summed E-state index contributed by atoms with van der Waals surface area (Å²) in [5.41, 5.74) is 2.69.